The molecule has 0 aliphatic rings. The van der Waals surface area contributed by atoms with Crippen LogP contribution in [0.1, 0.15) is 24.2 Å². The highest BCUT2D eigenvalue weighted by atomic mass is 35.5. The first kappa shape index (κ1) is 13.3. The second-order valence-corrected chi connectivity index (χ2v) is 4.74. The Hall–Kier alpha value is -0.800. The summed E-state index contributed by atoms with van der Waals surface area (Å²) in [6.07, 6.45) is 0. The van der Waals surface area contributed by atoms with Crippen LogP contribution >= 0.6 is 23.2 Å². The topological polar surface area (TPSA) is 29.1 Å². The zero-order chi connectivity index (χ0) is 12.3. The molecule has 0 aliphatic carbocycles. The molecule has 0 unspecified atom stereocenters. The van der Waals surface area contributed by atoms with Gasteiger partial charge in [-0.3, -0.25) is 4.79 Å². The summed E-state index contributed by atoms with van der Waals surface area (Å²) in [4.78, 5) is 11.8. The second kappa shape index (κ2) is 5.02. The first-order valence-electron chi connectivity index (χ1n) is 4.70. The van der Waals surface area contributed by atoms with Crippen molar-refractivity contribution in [3.8, 4) is 0 Å². The van der Waals surface area contributed by atoms with E-state index >= 15 is 0 Å². The lowest BCUT2D eigenvalue weighted by molar-refractivity contribution is 0.0916. The SMILES string of the molecule is CC(C)(CCl)NC(=O)c1c(F)cccc1Cl. The summed E-state index contributed by atoms with van der Waals surface area (Å²) in [5.41, 5.74) is -0.757. The summed E-state index contributed by atoms with van der Waals surface area (Å²) in [5, 5.41) is 2.69. The molecule has 0 atom stereocenters. The van der Waals surface area contributed by atoms with Gasteiger partial charge in [-0.05, 0) is 26.0 Å². The molecular formula is C11H12Cl2FNO. The first-order valence-corrected chi connectivity index (χ1v) is 5.61. The van der Waals surface area contributed by atoms with E-state index in [1.807, 2.05) is 0 Å². The predicted molar refractivity (Wildman–Crippen MR) is 63.7 cm³/mol. The van der Waals surface area contributed by atoms with Crippen molar-refractivity contribution in [2.45, 2.75) is 19.4 Å². The number of nitrogens with one attached hydrogen (secondary N) is 1. The van der Waals surface area contributed by atoms with E-state index in [1.165, 1.54) is 18.2 Å². The highest BCUT2D eigenvalue weighted by molar-refractivity contribution is 6.33. The number of rotatable bonds is 3. The maximum Gasteiger partial charge on any atom is 0.256 e. The third kappa shape index (κ3) is 3.09. The highest BCUT2D eigenvalue weighted by Crippen LogP contribution is 2.19. The van der Waals surface area contributed by atoms with Crippen LogP contribution in [0.25, 0.3) is 0 Å². The fourth-order valence-corrected chi connectivity index (χ4v) is 1.43. The lowest BCUT2D eigenvalue weighted by Crippen LogP contribution is -2.45. The Morgan fingerprint density at radius 1 is 1.50 bits per heavy atom. The van der Waals surface area contributed by atoms with E-state index in [2.05, 4.69) is 5.32 Å². The molecule has 2 nitrogen and oxygen atoms in total. The lowest BCUT2D eigenvalue weighted by atomic mass is 10.1. The van der Waals surface area contributed by atoms with Crippen LogP contribution in [-0.2, 0) is 0 Å². The Kier molecular flexibility index (Phi) is 4.16. The van der Waals surface area contributed by atoms with Crippen LogP contribution < -0.4 is 5.32 Å². The maximum absolute atomic E-state index is 13.4. The molecule has 5 heteroatoms. The monoisotopic (exact) mass is 263 g/mol. The van der Waals surface area contributed by atoms with Gasteiger partial charge in [0.15, 0.2) is 0 Å². The summed E-state index contributed by atoms with van der Waals surface area (Å²) >= 11 is 11.4. The van der Waals surface area contributed by atoms with Crippen LogP contribution in [0.3, 0.4) is 0 Å². The second-order valence-electron chi connectivity index (χ2n) is 4.07. The summed E-state index contributed by atoms with van der Waals surface area (Å²) in [6.45, 7) is 3.49. The average Bonchev–Trinajstić information content (AvgIpc) is 2.16. The van der Waals surface area contributed by atoms with E-state index in [9.17, 15) is 9.18 Å². The van der Waals surface area contributed by atoms with Gasteiger partial charge in [-0.2, -0.15) is 0 Å². The summed E-state index contributed by atoms with van der Waals surface area (Å²) < 4.78 is 13.4. The molecule has 0 fully saturated rings. The maximum atomic E-state index is 13.4. The molecule has 88 valence electrons. The van der Waals surface area contributed by atoms with Crippen LogP contribution in [0.15, 0.2) is 18.2 Å². The van der Waals surface area contributed by atoms with Crippen LogP contribution in [0.2, 0.25) is 5.02 Å². The molecule has 1 N–H and O–H groups in total. The molecule has 0 heterocycles. The van der Waals surface area contributed by atoms with Crippen molar-refractivity contribution < 1.29 is 9.18 Å². The van der Waals surface area contributed by atoms with E-state index in [1.54, 1.807) is 13.8 Å². The standard InChI is InChI=1S/C11H12Cl2FNO/c1-11(2,6-12)15-10(16)9-7(13)4-3-5-8(9)14/h3-5H,6H2,1-2H3,(H,15,16). The molecule has 0 aliphatic heterocycles. The van der Waals surface area contributed by atoms with Crippen molar-refractivity contribution >= 4 is 29.1 Å². The van der Waals surface area contributed by atoms with Gasteiger partial charge >= 0.3 is 0 Å². The minimum Gasteiger partial charge on any atom is -0.346 e. The van der Waals surface area contributed by atoms with Gasteiger partial charge in [-0.1, -0.05) is 17.7 Å². The summed E-state index contributed by atoms with van der Waals surface area (Å²) in [6, 6.07) is 4.10. The Balaban J connectivity index is 2.98. The van der Waals surface area contributed by atoms with Crippen molar-refractivity contribution in [1.29, 1.82) is 0 Å². The number of amides is 1. The zero-order valence-corrected chi connectivity index (χ0v) is 10.5. The fraction of sp³-hybridized carbons (Fsp3) is 0.364. The Morgan fingerprint density at radius 2 is 2.12 bits per heavy atom. The molecule has 16 heavy (non-hydrogen) atoms. The van der Waals surface area contributed by atoms with E-state index in [4.69, 9.17) is 23.2 Å². The van der Waals surface area contributed by atoms with Crippen molar-refractivity contribution in [2.75, 3.05) is 5.88 Å². The lowest BCUT2D eigenvalue weighted by Gasteiger charge is -2.23. The van der Waals surface area contributed by atoms with Gasteiger partial charge in [0.1, 0.15) is 5.82 Å². The predicted octanol–water partition coefficient (Wildman–Crippen LogP) is 3.23. The van der Waals surface area contributed by atoms with Gasteiger partial charge in [0.05, 0.1) is 10.6 Å². The quantitative estimate of drug-likeness (QED) is 0.834. The molecule has 0 bridgehead atoms. The minimum absolute atomic E-state index is 0.0860. The zero-order valence-electron chi connectivity index (χ0n) is 8.98. The van der Waals surface area contributed by atoms with E-state index in [-0.39, 0.29) is 16.5 Å². The minimum atomic E-state index is -0.643. The van der Waals surface area contributed by atoms with Gasteiger partial charge in [-0.15, -0.1) is 11.6 Å². The van der Waals surface area contributed by atoms with Gasteiger partial charge in [-0.25, -0.2) is 4.39 Å². The summed E-state index contributed by atoms with van der Waals surface area (Å²) in [7, 11) is 0. The molecule has 1 amide bonds. The Bertz CT molecular complexity index is 387. The first-order chi connectivity index (χ1) is 7.37. The molecule has 0 aromatic heterocycles. The van der Waals surface area contributed by atoms with Gasteiger partial charge in [0.2, 0.25) is 0 Å². The van der Waals surface area contributed by atoms with Crippen molar-refractivity contribution in [3.05, 3.63) is 34.6 Å². The molecule has 0 radical (unpaired) electrons. The molecule has 1 aromatic carbocycles. The van der Waals surface area contributed by atoms with E-state index in [0.717, 1.165) is 0 Å². The smallest absolute Gasteiger partial charge is 0.256 e. The highest BCUT2D eigenvalue weighted by Gasteiger charge is 2.23. The third-order valence-corrected chi connectivity index (χ3v) is 2.96. The van der Waals surface area contributed by atoms with Crippen molar-refractivity contribution in [1.82, 2.24) is 5.32 Å². The number of carbonyl (C=O) groups excluding carboxylic acids is 1. The van der Waals surface area contributed by atoms with Crippen molar-refractivity contribution in [2.24, 2.45) is 0 Å². The van der Waals surface area contributed by atoms with E-state index < -0.39 is 17.3 Å². The number of benzene rings is 1. The molecule has 0 saturated heterocycles. The molecule has 1 aromatic rings. The summed E-state index contributed by atoms with van der Waals surface area (Å²) in [5.74, 6) is -0.978. The van der Waals surface area contributed by atoms with Gasteiger partial charge in [0, 0.05) is 11.4 Å². The normalized spacial score (nSPS) is 11.3. The number of hydrogen-bond donors (Lipinski definition) is 1. The molecular weight excluding hydrogens is 252 g/mol. The van der Waals surface area contributed by atoms with Crippen LogP contribution in [-0.4, -0.2) is 17.3 Å². The van der Waals surface area contributed by atoms with Crippen LogP contribution in [0, 0.1) is 5.82 Å². The Labute approximate surface area is 104 Å². The van der Waals surface area contributed by atoms with Crippen molar-refractivity contribution in [3.63, 3.8) is 0 Å². The van der Waals surface area contributed by atoms with E-state index in [0.29, 0.717) is 0 Å². The fourth-order valence-electron chi connectivity index (χ4n) is 1.12. The number of hydrogen-bond acceptors (Lipinski definition) is 1. The number of halogens is 3. The number of alkyl halides is 1. The third-order valence-electron chi connectivity index (χ3n) is 1.98. The largest absolute Gasteiger partial charge is 0.346 e. The number of carbonyl (C=O) groups is 1. The average molecular weight is 264 g/mol. The van der Waals surface area contributed by atoms with Gasteiger partial charge < -0.3 is 5.32 Å². The van der Waals surface area contributed by atoms with Crippen LogP contribution in [0.4, 0.5) is 4.39 Å². The van der Waals surface area contributed by atoms with Crippen LogP contribution in [0.5, 0.6) is 0 Å². The van der Waals surface area contributed by atoms with Gasteiger partial charge in [0.25, 0.3) is 5.91 Å². The molecule has 0 spiro atoms. The molecule has 0 saturated carbocycles. The molecule has 1 rings (SSSR count). The Morgan fingerprint density at radius 3 is 2.62 bits per heavy atom.